The third-order valence-corrected chi connectivity index (χ3v) is 6.80. The molecule has 1 aliphatic heterocycles. The van der Waals surface area contributed by atoms with Crippen LogP contribution in [0.25, 0.3) is 5.76 Å². The number of nitrogens with zero attached hydrogens (tertiary/aromatic N) is 1. The van der Waals surface area contributed by atoms with E-state index in [9.17, 15) is 5.11 Å². The van der Waals surface area contributed by atoms with Gasteiger partial charge in [-0.25, -0.2) is 4.99 Å². The fourth-order valence-electron chi connectivity index (χ4n) is 3.24. The summed E-state index contributed by atoms with van der Waals surface area (Å²) in [6.45, 7) is 1.87. The summed E-state index contributed by atoms with van der Waals surface area (Å²) in [6, 6.07) is 17.2. The highest BCUT2D eigenvalue weighted by atomic mass is 127. The quantitative estimate of drug-likeness (QED) is 0.575. The monoisotopic (exact) mass is 465 g/mol. The van der Waals surface area contributed by atoms with E-state index in [2.05, 4.69) is 22.6 Å². The molecule has 4 rings (SSSR count). The van der Waals surface area contributed by atoms with E-state index in [1.165, 1.54) is 0 Å². The van der Waals surface area contributed by atoms with Crippen LogP contribution in [0.1, 0.15) is 25.3 Å². The first-order valence-electron chi connectivity index (χ1n) is 8.15. The van der Waals surface area contributed by atoms with E-state index in [0.29, 0.717) is 16.7 Å². The minimum atomic E-state index is -0.998. The topological polar surface area (TPSA) is 41.8 Å². The van der Waals surface area contributed by atoms with Crippen molar-refractivity contribution in [2.24, 2.45) is 10.4 Å². The smallest absolute Gasteiger partial charge is 0.204 e. The van der Waals surface area contributed by atoms with Crippen molar-refractivity contribution in [2.75, 3.05) is 0 Å². The highest BCUT2D eigenvalue weighted by molar-refractivity contribution is 14.1. The van der Waals surface area contributed by atoms with Crippen LogP contribution in [-0.4, -0.2) is 16.6 Å². The van der Waals surface area contributed by atoms with Crippen LogP contribution in [0.4, 0.5) is 5.69 Å². The van der Waals surface area contributed by atoms with E-state index >= 15 is 0 Å². The van der Waals surface area contributed by atoms with Crippen molar-refractivity contribution in [2.45, 2.75) is 25.4 Å². The highest BCUT2D eigenvalue weighted by Gasteiger charge is 2.65. The molecule has 1 unspecified atom stereocenters. The van der Waals surface area contributed by atoms with Gasteiger partial charge in [-0.3, -0.25) is 0 Å². The standard InChI is InChI=1S/C20H17ClINO2/c1-19(24)17(22)16(13-5-3-2-4-6-13)25-18(20(19)11-12-20)23-15-9-7-14(21)8-10-15/h2-10,24H,11-12H2,1H3. The molecule has 0 bridgehead atoms. The van der Waals surface area contributed by atoms with Crippen LogP contribution in [0, 0.1) is 5.41 Å². The van der Waals surface area contributed by atoms with Gasteiger partial charge in [-0.15, -0.1) is 0 Å². The normalized spacial score (nSPS) is 26.0. The number of halogens is 2. The lowest BCUT2D eigenvalue weighted by molar-refractivity contribution is 0.0457. The second-order valence-electron chi connectivity index (χ2n) is 6.66. The zero-order valence-electron chi connectivity index (χ0n) is 13.7. The second-order valence-corrected chi connectivity index (χ2v) is 8.17. The maximum Gasteiger partial charge on any atom is 0.204 e. The molecule has 5 heteroatoms. The molecule has 1 aliphatic carbocycles. The van der Waals surface area contributed by atoms with Gasteiger partial charge in [-0.1, -0.05) is 41.9 Å². The molecule has 0 amide bonds. The van der Waals surface area contributed by atoms with E-state index < -0.39 is 11.0 Å². The van der Waals surface area contributed by atoms with Gasteiger partial charge in [0.1, 0.15) is 11.4 Å². The molecule has 2 aromatic rings. The maximum absolute atomic E-state index is 11.3. The Balaban J connectivity index is 1.83. The molecule has 3 nitrogen and oxygen atoms in total. The first kappa shape index (κ1) is 17.1. The Kier molecular flexibility index (Phi) is 4.17. The van der Waals surface area contributed by atoms with Crippen molar-refractivity contribution < 1.29 is 9.84 Å². The molecule has 1 spiro atoms. The molecule has 0 saturated heterocycles. The Morgan fingerprint density at radius 2 is 1.72 bits per heavy atom. The fraction of sp³-hybridized carbons (Fsp3) is 0.250. The third kappa shape index (κ3) is 2.80. The van der Waals surface area contributed by atoms with Crippen LogP contribution in [0.3, 0.4) is 0 Å². The third-order valence-electron chi connectivity index (χ3n) is 5.01. The van der Waals surface area contributed by atoms with Gasteiger partial charge in [0, 0.05) is 10.6 Å². The lowest BCUT2D eigenvalue weighted by Crippen LogP contribution is -2.46. The Hall–Kier alpha value is -1.37. The zero-order valence-corrected chi connectivity index (χ0v) is 16.6. The van der Waals surface area contributed by atoms with E-state index in [-0.39, 0.29) is 0 Å². The molecule has 1 saturated carbocycles. The van der Waals surface area contributed by atoms with Crippen LogP contribution in [0.2, 0.25) is 5.02 Å². The first-order chi connectivity index (χ1) is 11.9. The Morgan fingerprint density at radius 1 is 1.08 bits per heavy atom. The number of hydrogen-bond donors (Lipinski definition) is 1. The molecule has 0 radical (unpaired) electrons. The molecule has 1 fully saturated rings. The number of ether oxygens (including phenoxy) is 1. The Labute approximate surface area is 165 Å². The van der Waals surface area contributed by atoms with E-state index in [1.54, 1.807) is 12.1 Å². The zero-order chi connectivity index (χ0) is 17.7. The predicted molar refractivity (Wildman–Crippen MR) is 109 cm³/mol. The number of rotatable bonds is 2. The Bertz CT molecular complexity index is 868. The molecular formula is C20H17ClINO2. The first-order valence-corrected chi connectivity index (χ1v) is 9.60. The van der Waals surface area contributed by atoms with Crippen LogP contribution in [-0.2, 0) is 4.74 Å². The summed E-state index contributed by atoms with van der Waals surface area (Å²) in [5.74, 6) is 1.26. The molecule has 2 aromatic carbocycles. The lowest BCUT2D eigenvalue weighted by Gasteiger charge is -2.39. The van der Waals surface area contributed by atoms with Crippen LogP contribution >= 0.6 is 34.2 Å². The van der Waals surface area contributed by atoms with Gasteiger partial charge in [0.15, 0.2) is 0 Å². The molecule has 1 atom stereocenters. The largest absolute Gasteiger partial charge is 0.441 e. The van der Waals surface area contributed by atoms with Gasteiger partial charge in [0.05, 0.1) is 14.7 Å². The molecule has 0 aromatic heterocycles. The number of aliphatic hydroxyl groups is 1. The van der Waals surface area contributed by atoms with E-state index in [4.69, 9.17) is 21.3 Å². The fourth-order valence-corrected chi connectivity index (χ4v) is 4.31. The summed E-state index contributed by atoms with van der Waals surface area (Å²) in [5, 5.41) is 12.0. The number of hydrogen-bond acceptors (Lipinski definition) is 3. The van der Waals surface area contributed by atoms with Gasteiger partial charge >= 0.3 is 0 Å². The van der Waals surface area contributed by atoms with Gasteiger partial charge in [0.25, 0.3) is 0 Å². The van der Waals surface area contributed by atoms with Gasteiger partial charge in [0.2, 0.25) is 5.90 Å². The number of benzene rings is 2. The van der Waals surface area contributed by atoms with Crippen LogP contribution in [0.5, 0.6) is 0 Å². The van der Waals surface area contributed by atoms with Crippen molar-refractivity contribution in [1.82, 2.24) is 0 Å². The van der Waals surface area contributed by atoms with Crippen molar-refractivity contribution >= 4 is 51.5 Å². The van der Waals surface area contributed by atoms with Crippen molar-refractivity contribution in [3.05, 3.63) is 68.8 Å². The average molecular weight is 466 g/mol. The second kappa shape index (κ2) is 6.11. The van der Waals surface area contributed by atoms with Crippen molar-refractivity contribution in [3.63, 3.8) is 0 Å². The number of aliphatic imine (C=N–C) groups is 1. The molecule has 25 heavy (non-hydrogen) atoms. The SMILES string of the molecule is CC1(O)C(I)=C(c2ccccc2)OC(=Nc2ccc(Cl)cc2)C12CC2. The van der Waals surface area contributed by atoms with Gasteiger partial charge < -0.3 is 9.84 Å². The summed E-state index contributed by atoms with van der Waals surface area (Å²) in [4.78, 5) is 4.72. The maximum atomic E-state index is 11.3. The minimum absolute atomic E-state index is 0.443. The summed E-state index contributed by atoms with van der Waals surface area (Å²) < 4.78 is 7.08. The molecule has 1 heterocycles. The van der Waals surface area contributed by atoms with Crippen molar-refractivity contribution in [1.29, 1.82) is 0 Å². The lowest BCUT2D eigenvalue weighted by atomic mass is 9.82. The predicted octanol–water partition coefficient (Wildman–Crippen LogP) is 5.74. The molecule has 128 valence electrons. The molecular weight excluding hydrogens is 449 g/mol. The highest BCUT2D eigenvalue weighted by Crippen LogP contribution is 2.63. The summed E-state index contributed by atoms with van der Waals surface area (Å²) in [6.07, 6.45) is 1.72. The minimum Gasteiger partial charge on any atom is -0.441 e. The van der Waals surface area contributed by atoms with E-state index in [0.717, 1.165) is 27.7 Å². The summed E-state index contributed by atoms with van der Waals surface area (Å²) in [5.41, 5.74) is 0.265. The van der Waals surface area contributed by atoms with Crippen LogP contribution < -0.4 is 0 Å². The molecule has 2 aliphatic rings. The van der Waals surface area contributed by atoms with Gasteiger partial charge in [-0.05, 0) is 66.6 Å². The van der Waals surface area contributed by atoms with Crippen LogP contribution in [0.15, 0.2) is 63.2 Å². The molecule has 1 N–H and O–H groups in total. The average Bonchev–Trinajstić information content (AvgIpc) is 3.41. The van der Waals surface area contributed by atoms with E-state index in [1.807, 2.05) is 49.4 Å². The van der Waals surface area contributed by atoms with Crippen molar-refractivity contribution in [3.8, 4) is 0 Å². The Morgan fingerprint density at radius 3 is 2.32 bits per heavy atom. The summed E-state index contributed by atoms with van der Waals surface area (Å²) in [7, 11) is 0. The van der Waals surface area contributed by atoms with Gasteiger partial charge in [-0.2, -0.15) is 0 Å². The summed E-state index contributed by atoms with van der Waals surface area (Å²) >= 11 is 8.17.